The molecule has 1 fully saturated rings. The Morgan fingerprint density at radius 1 is 1.44 bits per heavy atom. The Hall–Kier alpha value is -0.560. The van der Waals surface area contributed by atoms with Crippen LogP contribution < -0.4 is 4.74 Å². The van der Waals surface area contributed by atoms with Crippen molar-refractivity contribution in [1.82, 2.24) is 4.90 Å². The summed E-state index contributed by atoms with van der Waals surface area (Å²) in [6, 6.07) is 3.75. The lowest BCUT2D eigenvalue weighted by molar-refractivity contribution is 0.317. The first-order valence-corrected chi connectivity index (χ1v) is 7.56. The average molecular weight is 377 g/mol. The lowest BCUT2D eigenvalue weighted by atomic mass is 10.2. The molecule has 1 saturated heterocycles. The highest BCUT2D eigenvalue weighted by molar-refractivity contribution is 14.1. The van der Waals surface area contributed by atoms with Crippen molar-refractivity contribution in [3.63, 3.8) is 0 Å². The number of nitrogens with zero attached hydrogens (tertiary/aromatic N) is 1. The molecule has 5 heteroatoms. The van der Waals surface area contributed by atoms with Crippen LogP contribution in [0.5, 0.6) is 11.5 Å². The van der Waals surface area contributed by atoms with Crippen molar-refractivity contribution in [1.29, 1.82) is 0 Å². The van der Waals surface area contributed by atoms with Crippen LogP contribution in [0, 0.1) is 3.57 Å². The number of hydrogen-bond acceptors (Lipinski definition) is 3. The first-order valence-electron chi connectivity index (χ1n) is 6.08. The zero-order valence-electron chi connectivity index (χ0n) is 10.3. The van der Waals surface area contributed by atoms with Gasteiger partial charge < -0.3 is 14.7 Å². The second-order valence-electron chi connectivity index (χ2n) is 4.24. The van der Waals surface area contributed by atoms with Gasteiger partial charge in [-0.15, -0.1) is 0 Å². The van der Waals surface area contributed by atoms with E-state index < -0.39 is 0 Å². The summed E-state index contributed by atoms with van der Waals surface area (Å²) in [5.74, 6) is 0.714. The smallest absolute Gasteiger partial charge is 0.171 e. The minimum absolute atomic E-state index is 0.199. The van der Waals surface area contributed by atoms with E-state index in [0.29, 0.717) is 12.4 Å². The molecule has 0 saturated carbocycles. The predicted octanol–water partition coefficient (Wildman–Crippen LogP) is 3.17. The summed E-state index contributed by atoms with van der Waals surface area (Å²) in [6.45, 7) is 4.49. The van der Waals surface area contributed by atoms with Crippen LogP contribution in [0.3, 0.4) is 0 Å². The molecule has 98 valence electrons. The van der Waals surface area contributed by atoms with Gasteiger partial charge in [-0.3, -0.25) is 0 Å². The van der Waals surface area contributed by atoms with E-state index in [-0.39, 0.29) is 5.75 Å². The maximum atomic E-state index is 9.91. The van der Waals surface area contributed by atoms with E-state index in [9.17, 15) is 5.11 Å². The maximum absolute atomic E-state index is 9.91. The lowest BCUT2D eigenvalue weighted by Gasteiger charge is -2.19. The number of thiocarbonyl (C=S) groups is 1. The summed E-state index contributed by atoms with van der Waals surface area (Å²) in [7, 11) is 0. The zero-order valence-corrected chi connectivity index (χ0v) is 13.3. The molecule has 1 aliphatic heterocycles. The van der Waals surface area contributed by atoms with Gasteiger partial charge in [0.1, 0.15) is 4.99 Å². The summed E-state index contributed by atoms with van der Waals surface area (Å²) < 4.78 is 6.21. The van der Waals surface area contributed by atoms with Gasteiger partial charge in [0.05, 0.1) is 10.2 Å². The van der Waals surface area contributed by atoms with Crippen molar-refractivity contribution in [2.75, 3.05) is 19.7 Å². The molecule has 0 radical (unpaired) electrons. The van der Waals surface area contributed by atoms with Crippen LogP contribution in [0.15, 0.2) is 12.1 Å². The first-order chi connectivity index (χ1) is 8.63. The largest absolute Gasteiger partial charge is 0.504 e. The van der Waals surface area contributed by atoms with Gasteiger partial charge in [-0.2, -0.15) is 0 Å². The Balaban J connectivity index is 2.29. The fourth-order valence-corrected chi connectivity index (χ4v) is 2.97. The second-order valence-corrected chi connectivity index (χ2v) is 5.79. The number of ether oxygens (including phenoxy) is 1. The monoisotopic (exact) mass is 377 g/mol. The average Bonchev–Trinajstić information content (AvgIpc) is 2.87. The Bertz CT molecular complexity index is 459. The van der Waals surface area contributed by atoms with Gasteiger partial charge in [-0.25, -0.2) is 0 Å². The summed E-state index contributed by atoms with van der Waals surface area (Å²) in [5, 5.41) is 9.91. The molecule has 0 aromatic heterocycles. The molecule has 3 nitrogen and oxygen atoms in total. The summed E-state index contributed by atoms with van der Waals surface area (Å²) in [6.07, 6.45) is 2.40. The molecule has 1 aliphatic rings. The molecule has 0 amide bonds. The topological polar surface area (TPSA) is 32.7 Å². The maximum Gasteiger partial charge on any atom is 0.171 e. The molecular weight excluding hydrogens is 361 g/mol. The van der Waals surface area contributed by atoms with Crippen molar-refractivity contribution in [2.45, 2.75) is 19.8 Å². The van der Waals surface area contributed by atoms with Gasteiger partial charge in [0, 0.05) is 18.7 Å². The van der Waals surface area contributed by atoms with E-state index in [1.165, 1.54) is 12.8 Å². The molecule has 0 atom stereocenters. The van der Waals surface area contributed by atoms with Gasteiger partial charge in [-0.05, 0) is 54.5 Å². The van der Waals surface area contributed by atoms with Gasteiger partial charge in [0.2, 0.25) is 0 Å². The zero-order chi connectivity index (χ0) is 13.1. The van der Waals surface area contributed by atoms with Gasteiger partial charge >= 0.3 is 0 Å². The van der Waals surface area contributed by atoms with Crippen LogP contribution in [0.1, 0.15) is 25.3 Å². The van der Waals surface area contributed by atoms with E-state index in [0.717, 1.165) is 27.2 Å². The number of phenols is 1. The highest BCUT2D eigenvalue weighted by Gasteiger charge is 2.18. The minimum Gasteiger partial charge on any atom is -0.504 e. The third kappa shape index (κ3) is 2.88. The Morgan fingerprint density at radius 3 is 2.72 bits per heavy atom. The van der Waals surface area contributed by atoms with Crippen molar-refractivity contribution in [3.05, 3.63) is 21.3 Å². The number of benzene rings is 1. The third-order valence-corrected chi connectivity index (χ3v) is 4.28. The van der Waals surface area contributed by atoms with Crippen molar-refractivity contribution in [2.24, 2.45) is 0 Å². The molecule has 1 aromatic carbocycles. The molecule has 1 heterocycles. The van der Waals surface area contributed by atoms with Gasteiger partial charge in [0.15, 0.2) is 11.5 Å². The quantitative estimate of drug-likeness (QED) is 0.648. The Kier molecular flexibility index (Phi) is 4.66. The summed E-state index contributed by atoms with van der Waals surface area (Å²) in [5.41, 5.74) is 0.956. The van der Waals surface area contributed by atoms with Crippen LogP contribution in [-0.4, -0.2) is 34.7 Å². The molecule has 0 aliphatic carbocycles. The molecule has 1 aromatic rings. The normalized spacial score (nSPS) is 14.9. The standard InChI is InChI=1S/C13H16INO2S/c1-2-17-11-8-9(7-10(14)12(11)16)13(18)15-5-3-4-6-15/h7-8,16H,2-6H2,1H3. The number of likely N-dealkylation sites (tertiary alicyclic amines) is 1. The molecular formula is C13H16INO2S. The molecule has 1 N–H and O–H groups in total. The van der Waals surface area contributed by atoms with E-state index in [1.54, 1.807) is 0 Å². The Labute approximate surface area is 126 Å². The van der Waals surface area contributed by atoms with Gasteiger partial charge in [-0.1, -0.05) is 12.2 Å². The lowest BCUT2D eigenvalue weighted by Crippen LogP contribution is -2.26. The molecule has 18 heavy (non-hydrogen) atoms. The van der Waals surface area contributed by atoms with Crippen molar-refractivity contribution >= 4 is 39.8 Å². The fourth-order valence-electron chi connectivity index (χ4n) is 2.07. The number of phenolic OH excluding ortho intramolecular Hbond substituents is 1. The Morgan fingerprint density at radius 2 is 2.11 bits per heavy atom. The first kappa shape index (κ1) is 13.9. The molecule has 0 unspecified atom stereocenters. The van der Waals surface area contributed by atoms with Crippen LogP contribution in [0.25, 0.3) is 0 Å². The van der Waals surface area contributed by atoms with Crippen molar-refractivity contribution < 1.29 is 9.84 Å². The third-order valence-electron chi connectivity index (χ3n) is 2.97. The minimum atomic E-state index is 0.199. The van der Waals surface area contributed by atoms with Crippen molar-refractivity contribution in [3.8, 4) is 11.5 Å². The summed E-state index contributed by atoms with van der Waals surface area (Å²) >= 11 is 7.62. The summed E-state index contributed by atoms with van der Waals surface area (Å²) in [4.78, 5) is 3.07. The fraction of sp³-hybridized carbons (Fsp3) is 0.462. The number of rotatable bonds is 3. The SMILES string of the molecule is CCOc1cc(C(=S)N2CCCC2)cc(I)c1O. The second kappa shape index (κ2) is 6.06. The van der Waals surface area contributed by atoms with E-state index in [2.05, 4.69) is 27.5 Å². The number of hydrogen-bond donors (Lipinski definition) is 1. The number of halogens is 1. The van der Waals surface area contributed by atoms with E-state index in [4.69, 9.17) is 17.0 Å². The molecule has 0 spiro atoms. The van der Waals surface area contributed by atoms with E-state index >= 15 is 0 Å². The van der Waals surface area contributed by atoms with Crippen LogP contribution in [0.2, 0.25) is 0 Å². The van der Waals surface area contributed by atoms with E-state index in [1.807, 2.05) is 19.1 Å². The highest BCUT2D eigenvalue weighted by atomic mass is 127. The molecule has 2 rings (SSSR count). The van der Waals surface area contributed by atoms with Crippen LogP contribution in [-0.2, 0) is 0 Å². The highest BCUT2D eigenvalue weighted by Crippen LogP contribution is 2.33. The predicted molar refractivity (Wildman–Crippen MR) is 84.5 cm³/mol. The van der Waals surface area contributed by atoms with Crippen LogP contribution in [0.4, 0.5) is 0 Å². The van der Waals surface area contributed by atoms with Gasteiger partial charge in [0.25, 0.3) is 0 Å². The molecule has 0 bridgehead atoms. The number of aromatic hydroxyl groups is 1. The van der Waals surface area contributed by atoms with Crippen LogP contribution >= 0.6 is 34.8 Å².